The number of esters is 1. The molecule has 1 amide bonds. The molecule has 0 fully saturated rings. The van der Waals surface area contributed by atoms with Crippen LogP contribution >= 0.6 is 23.2 Å². The van der Waals surface area contributed by atoms with Crippen LogP contribution in [0.5, 0.6) is 0 Å². The van der Waals surface area contributed by atoms with E-state index >= 15 is 0 Å². The van der Waals surface area contributed by atoms with Gasteiger partial charge in [-0.3, -0.25) is 4.79 Å². The number of anilines is 1. The van der Waals surface area contributed by atoms with Crippen LogP contribution in [0.3, 0.4) is 0 Å². The quantitative estimate of drug-likeness (QED) is 0.582. The summed E-state index contributed by atoms with van der Waals surface area (Å²) in [5, 5.41) is 2.75. The Labute approximate surface area is 186 Å². The molecule has 0 spiro atoms. The van der Waals surface area contributed by atoms with E-state index in [1.54, 1.807) is 39.0 Å². The van der Waals surface area contributed by atoms with Crippen LogP contribution in [-0.2, 0) is 19.6 Å². The number of amides is 1. The Balaban J connectivity index is 2.12. The van der Waals surface area contributed by atoms with Crippen molar-refractivity contribution < 1.29 is 22.7 Å². The number of carbonyl (C=O) groups is 2. The molecule has 0 unspecified atom stereocenters. The molecule has 0 radical (unpaired) electrons. The minimum Gasteiger partial charge on any atom is -0.452 e. The van der Waals surface area contributed by atoms with Gasteiger partial charge in [0.2, 0.25) is 10.0 Å². The molecule has 0 saturated carbocycles. The maximum absolute atomic E-state index is 12.8. The van der Waals surface area contributed by atoms with Gasteiger partial charge in [-0.1, -0.05) is 49.2 Å². The third-order valence-corrected chi connectivity index (χ3v) is 7.12. The third kappa shape index (κ3) is 5.51. The van der Waals surface area contributed by atoms with Crippen LogP contribution in [0, 0.1) is 6.92 Å². The lowest BCUT2D eigenvalue weighted by atomic mass is 10.2. The molecule has 0 heterocycles. The van der Waals surface area contributed by atoms with E-state index in [1.165, 1.54) is 22.5 Å². The molecular formula is C20H22Cl2N2O5S. The largest absolute Gasteiger partial charge is 0.452 e. The monoisotopic (exact) mass is 472 g/mol. The number of nitrogens with one attached hydrogen (secondary N) is 1. The third-order valence-electron chi connectivity index (χ3n) is 4.30. The highest BCUT2D eigenvalue weighted by atomic mass is 35.5. The highest BCUT2D eigenvalue weighted by Crippen LogP contribution is 2.25. The minimum atomic E-state index is -3.69. The van der Waals surface area contributed by atoms with E-state index in [0.29, 0.717) is 18.7 Å². The van der Waals surface area contributed by atoms with Crippen molar-refractivity contribution in [3.05, 3.63) is 57.6 Å². The van der Waals surface area contributed by atoms with Gasteiger partial charge in [-0.15, -0.1) is 0 Å². The van der Waals surface area contributed by atoms with E-state index in [0.717, 1.165) is 0 Å². The normalized spacial score (nSPS) is 11.4. The molecule has 10 heteroatoms. The number of nitrogens with zero attached hydrogens (tertiary/aromatic N) is 1. The molecule has 2 rings (SSSR count). The van der Waals surface area contributed by atoms with Crippen molar-refractivity contribution in [3.8, 4) is 0 Å². The number of sulfonamides is 1. The summed E-state index contributed by atoms with van der Waals surface area (Å²) in [6.45, 7) is 5.25. The summed E-state index contributed by atoms with van der Waals surface area (Å²) in [6.07, 6.45) is 0. The first-order valence-electron chi connectivity index (χ1n) is 9.13. The number of hydrogen-bond acceptors (Lipinski definition) is 5. The van der Waals surface area contributed by atoms with E-state index in [1.807, 2.05) is 0 Å². The van der Waals surface area contributed by atoms with Gasteiger partial charge in [0.1, 0.15) is 0 Å². The summed E-state index contributed by atoms with van der Waals surface area (Å²) < 4.78 is 31.9. The van der Waals surface area contributed by atoms with Crippen molar-refractivity contribution in [2.75, 3.05) is 25.0 Å². The average Bonchev–Trinajstić information content (AvgIpc) is 2.68. The molecule has 0 bridgehead atoms. The molecule has 2 aromatic carbocycles. The maximum atomic E-state index is 12.8. The van der Waals surface area contributed by atoms with Crippen LogP contribution in [0.25, 0.3) is 0 Å². The van der Waals surface area contributed by atoms with Gasteiger partial charge in [0.05, 0.1) is 20.5 Å². The SMILES string of the molecule is CCN(CC)S(=O)(=O)c1cc(NC(=O)COC(=O)c2c(Cl)cccc2Cl)ccc1C. The predicted molar refractivity (Wildman–Crippen MR) is 117 cm³/mol. The second-order valence-electron chi connectivity index (χ2n) is 6.29. The first kappa shape index (κ1) is 24.1. The van der Waals surface area contributed by atoms with Crippen LogP contribution in [0.2, 0.25) is 10.0 Å². The number of halogens is 2. The standard InChI is InChI=1S/C20H22Cl2N2O5S/c1-4-24(5-2)30(27,28)17-11-14(10-9-13(17)3)23-18(25)12-29-20(26)19-15(21)7-6-8-16(19)22/h6-11H,4-5,12H2,1-3H3,(H,23,25). The highest BCUT2D eigenvalue weighted by Gasteiger charge is 2.24. The molecule has 0 aliphatic heterocycles. The number of ether oxygens (including phenoxy) is 1. The zero-order valence-corrected chi connectivity index (χ0v) is 19.1. The van der Waals surface area contributed by atoms with Gasteiger partial charge < -0.3 is 10.1 Å². The molecule has 0 aromatic heterocycles. The fourth-order valence-corrected chi connectivity index (χ4v) is 5.01. The Morgan fingerprint density at radius 2 is 1.67 bits per heavy atom. The van der Waals surface area contributed by atoms with Gasteiger partial charge in [-0.2, -0.15) is 4.31 Å². The lowest BCUT2D eigenvalue weighted by Crippen LogP contribution is -2.31. The summed E-state index contributed by atoms with van der Waals surface area (Å²) in [4.78, 5) is 24.5. The Morgan fingerprint density at radius 3 is 2.23 bits per heavy atom. The summed E-state index contributed by atoms with van der Waals surface area (Å²) >= 11 is 11.9. The van der Waals surface area contributed by atoms with Gasteiger partial charge in [0.15, 0.2) is 6.61 Å². The smallest absolute Gasteiger partial charge is 0.341 e. The van der Waals surface area contributed by atoms with Gasteiger partial charge in [-0.05, 0) is 36.8 Å². The molecule has 0 aliphatic carbocycles. The first-order valence-corrected chi connectivity index (χ1v) is 11.3. The van der Waals surface area contributed by atoms with Crippen molar-refractivity contribution >= 4 is 50.8 Å². The minimum absolute atomic E-state index is 0.0310. The van der Waals surface area contributed by atoms with Crippen LogP contribution < -0.4 is 5.32 Å². The Morgan fingerprint density at radius 1 is 1.07 bits per heavy atom. The topological polar surface area (TPSA) is 92.8 Å². The Kier molecular flexibility index (Phi) is 8.25. The number of hydrogen-bond donors (Lipinski definition) is 1. The summed E-state index contributed by atoms with van der Waals surface area (Å²) in [5.74, 6) is -1.48. The van der Waals surface area contributed by atoms with Gasteiger partial charge in [0, 0.05) is 18.8 Å². The molecule has 0 saturated heterocycles. The van der Waals surface area contributed by atoms with E-state index in [9.17, 15) is 18.0 Å². The number of rotatable bonds is 8. The van der Waals surface area contributed by atoms with E-state index < -0.39 is 28.5 Å². The van der Waals surface area contributed by atoms with E-state index in [-0.39, 0.29) is 26.2 Å². The number of aryl methyl sites for hydroxylation is 1. The van der Waals surface area contributed by atoms with Gasteiger partial charge >= 0.3 is 5.97 Å². The van der Waals surface area contributed by atoms with Crippen LogP contribution in [-0.4, -0.2) is 44.3 Å². The summed E-state index contributed by atoms with van der Waals surface area (Å²) in [7, 11) is -3.69. The second-order valence-corrected chi connectivity index (χ2v) is 9.01. The molecule has 1 N–H and O–H groups in total. The predicted octanol–water partition coefficient (Wildman–Crippen LogP) is 4.13. The van der Waals surface area contributed by atoms with Crippen LogP contribution in [0.4, 0.5) is 5.69 Å². The molecule has 162 valence electrons. The lowest BCUT2D eigenvalue weighted by Gasteiger charge is -2.20. The zero-order valence-electron chi connectivity index (χ0n) is 16.7. The fourth-order valence-electron chi connectivity index (χ4n) is 2.75. The van der Waals surface area contributed by atoms with Crippen LogP contribution in [0.1, 0.15) is 29.8 Å². The lowest BCUT2D eigenvalue weighted by molar-refractivity contribution is -0.119. The van der Waals surface area contributed by atoms with Crippen molar-refractivity contribution in [1.82, 2.24) is 4.31 Å². The molecule has 2 aromatic rings. The van der Waals surface area contributed by atoms with Gasteiger partial charge in [-0.25, -0.2) is 13.2 Å². The zero-order chi connectivity index (χ0) is 22.5. The molecule has 0 atom stereocenters. The molecular weight excluding hydrogens is 451 g/mol. The Bertz CT molecular complexity index is 1030. The van der Waals surface area contributed by atoms with E-state index in [2.05, 4.69) is 5.32 Å². The van der Waals surface area contributed by atoms with Crippen molar-refractivity contribution in [3.63, 3.8) is 0 Å². The maximum Gasteiger partial charge on any atom is 0.341 e. The molecule has 7 nitrogen and oxygen atoms in total. The summed E-state index contributed by atoms with van der Waals surface area (Å²) in [5.41, 5.74) is 0.791. The Hall–Kier alpha value is -2.13. The number of benzene rings is 2. The number of carbonyl (C=O) groups excluding carboxylic acids is 2. The van der Waals surface area contributed by atoms with Crippen molar-refractivity contribution in [1.29, 1.82) is 0 Å². The average molecular weight is 473 g/mol. The fraction of sp³-hybridized carbons (Fsp3) is 0.300. The van der Waals surface area contributed by atoms with Crippen LogP contribution in [0.15, 0.2) is 41.3 Å². The molecule has 0 aliphatic rings. The van der Waals surface area contributed by atoms with Crippen molar-refractivity contribution in [2.45, 2.75) is 25.7 Å². The first-order chi connectivity index (χ1) is 14.1. The molecule has 30 heavy (non-hydrogen) atoms. The summed E-state index contributed by atoms with van der Waals surface area (Å²) in [6, 6.07) is 9.09. The van der Waals surface area contributed by atoms with Crippen molar-refractivity contribution in [2.24, 2.45) is 0 Å². The highest BCUT2D eigenvalue weighted by molar-refractivity contribution is 7.89. The van der Waals surface area contributed by atoms with E-state index in [4.69, 9.17) is 27.9 Å². The second kappa shape index (κ2) is 10.3. The van der Waals surface area contributed by atoms with Gasteiger partial charge in [0.25, 0.3) is 5.91 Å².